The Balaban J connectivity index is 2.88. The molecule has 1 aromatic carbocycles. The molecule has 0 fully saturated rings. The number of alkyl halides is 3. The van der Waals surface area contributed by atoms with Gasteiger partial charge < -0.3 is 10.1 Å². The van der Waals surface area contributed by atoms with E-state index in [4.69, 9.17) is 15.4 Å². The Morgan fingerprint density at radius 3 is 2.48 bits per heavy atom. The normalized spacial score (nSPS) is 12.0. The molecule has 0 radical (unpaired) electrons. The number of amides is 1. The minimum Gasteiger partial charge on any atom is -0.495 e. The number of nitrogens with one attached hydrogen (secondary N) is 1. The van der Waals surface area contributed by atoms with Crippen molar-refractivity contribution >= 4 is 25.6 Å². The summed E-state index contributed by atoms with van der Waals surface area (Å²) >= 11 is 0. The van der Waals surface area contributed by atoms with Crippen molar-refractivity contribution in [2.45, 2.75) is 17.5 Å². The van der Waals surface area contributed by atoms with Crippen LogP contribution in [0.1, 0.15) is 5.56 Å². The molecule has 0 aliphatic carbocycles. The van der Waals surface area contributed by atoms with Gasteiger partial charge in [0, 0.05) is 10.7 Å². The summed E-state index contributed by atoms with van der Waals surface area (Å²) in [5.41, 5.74) is 0.190. The van der Waals surface area contributed by atoms with E-state index in [1.165, 1.54) is 19.2 Å². The third-order valence-electron chi connectivity index (χ3n) is 2.34. The van der Waals surface area contributed by atoms with Crippen LogP contribution in [0.5, 0.6) is 5.75 Å². The van der Waals surface area contributed by atoms with E-state index in [0.717, 1.165) is 6.07 Å². The lowest BCUT2D eigenvalue weighted by Gasteiger charge is -2.10. The lowest BCUT2D eigenvalue weighted by molar-refractivity contribution is -0.138. The molecule has 0 bridgehead atoms. The van der Waals surface area contributed by atoms with E-state index in [0.29, 0.717) is 0 Å². The van der Waals surface area contributed by atoms with Crippen LogP contribution in [0.15, 0.2) is 23.1 Å². The molecule has 0 atom stereocenters. The average Bonchev–Trinajstić information content (AvgIpc) is 2.34. The Morgan fingerprint density at radius 2 is 2.00 bits per heavy atom. The van der Waals surface area contributed by atoms with Crippen LogP contribution in [-0.2, 0) is 20.3 Å². The van der Waals surface area contributed by atoms with Crippen LogP contribution >= 0.6 is 10.7 Å². The second-order valence-corrected chi connectivity index (χ2v) is 6.53. The molecule has 0 aliphatic rings. The maximum atomic E-state index is 11.9. The molecular formula is C11H11ClF3NO4S. The van der Waals surface area contributed by atoms with Crippen LogP contribution in [0.3, 0.4) is 0 Å². The molecule has 1 amide bonds. The maximum absolute atomic E-state index is 11.9. The van der Waals surface area contributed by atoms with Crippen molar-refractivity contribution in [3.05, 3.63) is 23.8 Å². The van der Waals surface area contributed by atoms with E-state index < -0.39 is 34.1 Å². The van der Waals surface area contributed by atoms with Gasteiger partial charge in [0.15, 0.2) is 0 Å². The minimum atomic E-state index is -4.51. The molecule has 5 nitrogen and oxygen atoms in total. The molecule has 10 heteroatoms. The highest BCUT2D eigenvalue weighted by Gasteiger charge is 2.27. The monoisotopic (exact) mass is 345 g/mol. The van der Waals surface area contributed by atoms with Gasteiger partial charge in [0.2, 0.25) is 5.91 Å². The standard InChI is InChI=1S/C11H11ClF3NO4S/c1-20-8-3-2-7(4-9(8)21(12,18)19)5-10(17)16-6-11(13,14)15/h2-4H,5-6H2,1H3,(H,16,17). The largest absolute Gasteiger partial charge is 0.495 e. The van der Waals surface area contributed by atoms with Crippen molar-refractivity contribution in [1.82, 2.24) is 5.32 Å². The van der Waals surface area contributed by atoms with Gasteiger partial charge in [-0.3, -0.25) is 4.79 Å². The first kappa shape index (κ1) is 17.6. The van der Waals surface area contributed by atoms with Gasteiger partial charge in [-0.15, -0.1) is 0 Å². The molecule has 1 aromatic rings. The van der Waals surface area contributed by atoms with Crippen LogP contribution in [-0.4, -0.2) is 34.2 Å². The van der Waals surface area contributed by atoms with Crippen LogP contribution in [0.4, 0.5) is 13.2 Å². The topological polar surface area (TPSA) is 72.5 Å². The summed E-state index contributed by atoms with van der Waals surface area (Å²) in [7, 11) is 2.34. The van der Waals surface area contributed by atoms with Gasteiger partial charge in [0.05, 0.1) is 13.5 Å². The molecule has 0 saturated carbocycles. The second-order valence-electron chi connectivity index (χ2n) is 3.99. The molecule has 0 unspecified atom stereocenters. The Bertz CT molecular complexity index is 631. The number of benzene rings is 1. The summed E-state index contributed by atoms with van der Waals surface area (Å²) in [5, 5.41) is 1.68. The predicted octanol–water partition coefficient (Wildman–Crippen LogP) is 1.84. The molecule has 1 N–H and O–H groups in total. The number of carbonyl (C=O) groups is 1. The molecule has 0 spiro atoms. The summed E-state index contributed by atoms with van der Waals surface area (Å²) in [6.45, 7) is -1.46. The highest BCUT2D eigenvalue weighted by atomic mass is 35.7. The molecule has 0 saturated heterocycles. The summed E-state index contributed by atoms with van der Waals surface area (Å²) in [6.07, 6.45) is -4.93. The summed E-state index contributed by atoms with van der Waals surface area (Å²) in [5.74, 6) is -0.917. The SMILES string of the molecule is COc1ccc(CC(=O)NCC(F)(F)F)cc1S(=O)(=O)Cl. The van der Waals surface area contributed by atoms with Gasteiger partial charge in [0.1, 0.15) is 17.2 Å². The van der Waals surface area contributed by atoms with Gasteiger partial charge >= 0.3 is 6.18 Å². The Labute approximate surface area is 123 Å². The molecule has 0 heterocycles. The van der Waals surface area contributed by atoms with Crippen LogP contribution in [0.2, 0.25) is 0 Å². The number of hydrogen-bond acceptors (Lipinski definition) is 4. The molecule has 0 aliphatic heterocycles. The molecular weight excluding hydrogens is 335 g/mol. The quantitative estimate of drug-likeness (QED) is 0.827. The van der Waals surface area contributed by atoms with E-state index in [1.54, 1.807) is 5.32 Å². The Hall–Kier alpha value is -1.48. The average molecular weight is 346 g/mol. The van der Waals surface area contributed by atoms with Crippen LogP contribution in [0, 0.1) is 0 Å². The number of methoxy groups -OCH3 is 1. The van der Waals surface area contributed by atoms with Gasteiger partial charge in [0.25, 0.3) is 9.05 Å². The number of carbonyl (C=O) groups excluding carboxylic acids is 1. The number of halogens is 4. The first-order valence-corrected chi connectivity index (χ1v) is 7.79. The van der Waals surface area contributed by atoms with E-state index in [1.807, 2.05) is 0 Å². The molecule has 0 aromatic heterocycles. The fraction of sp³-hybridized carbons (Fsp3) is 0.364. The third-order valence-corrected chi connectivity index (χ3v) is 3.68. The number of ether oxygens (including phenoxy) is 1. The third kappa shape index (κ3) is 5.80. The fourth-order valence-electron chi connectivity index (χ4n) is 1.47. The zero-order chi connectivity index (χ0) is 16.3. The maximum Gasteiger partial charge on any atom is 0.405 e. The van der Waals surface area contributed by atoms with E-state index in [-0.39, 0.29) is 16.2 Å². The Morgan fingerprint density at radius 1 is 1.38 bits per heavy atom. The first-order valence-electron chi connectivity index (χ1n) is 5.48. The van der Waals surface area contributed by atoms with Gasteiger partial charge in [-0.1, -0.05) is 6.07 Å². The molecule has 1 rings (SSSR count). The van der Waals surface area contributed by atoms with E-state index >= 15 is 0 Å². The number of rotatable bonds is 5. The van der Waals surface area contributed by atoms with Crippen molar-refractivity contribution in [3.8, 4) is 5.75 Å². The van der Waals surface area contributed by atoms with Crippen molar-refractivity contribution in [1.29, 1.82) is 0 Å². The van der Waals surface area contributed by atoms with Crippen molar-refractivity contribution in [2.24, 2.45) is 0 Å². The van der Waals surface area contributed by atoms with E-state index in [2.05, 4.69) is 0 Å². The molecule has 118 valence electrons. The van der Waals surface area contributed by atoms with Gasteiger partial charge in [-0.2, -0.15) is 13.2 Å². The summed E-state index contributed by atoms with van der Waals surface area (Å²) < 4.78 is 63.3. The van der Waals surface area contributed by atoms with Crippen LogP contribution in [0.25, 0.3) is 0 Å². The zero-order valence-electron chi connectivity index (χ0n) is 10.7. The number of hydrogen-bond donors (Lipinski definition) is 1. The fourth-order valence-corrected chi connectivity index (χ4v) is 2.51. The first-order chi connectivity index (χ1) is 9.53. The minimum absolute atomic E-state index is 0.0237. The summed E-state index contributed by atoms with van der Waals surface area (Å²) in [4.78, 5) is 11.0. The van der Waals surface area contributed by atoms with Gasteiger partial charge in [-0.25, -0.2) is 8.42 Å². The smallest absolute Gasteiger partial charge is 0.405 e. The second kappa shape index (κ2) is 6.52. The van der Waals surface area contributed by atoms with E-state index in [9.17, 15) is 26.4 Å². The lowest BCUT2D eigenvalue weighted by Crippen LogP contribution is -2.34. The Kier molecular flexibility index (Phi) is 5.46. The van der Waals surface area contributed by atoms with Crippen molar-refractivity contribution in [2.75, 3.05) is 13.7 Å². The van der Waals surface area contributed by atoms with Crippen molar-refractivity contribution in [3.63, 3.8) is 0 Å². The molecule has 21 heavy (non-hydrogen) atoms. The van der Waals surface area contributed by atoms with Gasteiger partial charge in [-0.05, 0) is 17.7 Å². The van der Waals surface area contributed by atoms with Crippen LogP contribution < -0.4 is 10.1 Å². The zero-order valence-corrected chi connectivity index (χ0v) is 12.3. The summed E-state index contributed by atoms with van der Waals surface area (Å²) in [6, 6.07) is 3.70. The highest BCUT2D eigenvalue weighted by molar-refractivity contribution is 8.13. The van der Waals surface area contributed by atoms with Crippen molar-refractivity contribution < 1.29 is 31.1 Å². The predicted molar refractivity (Wildman–Crippen MR) is 68.8 cm³/mol. The highest BCUT2D eigenvalue weighted by Crippen LogP contribution is 2.28. The lowest BCUT2D eigenvalue weighted by atomic mass is 10.1.